The Bertz CT molecular complexity index is 1010. The summed E-state index contributed by atoms with van der Waals surface area (Å²) in [5.41, 5.74) is 5.09. The molecular weight excluding hydrogens is 390 g/mol. The molecule has 0 aromatic carbocycles. The van der Waals surface area contributed by atoms with Gasteiger partial charge >= 0.3 is 17.9 Å². The summed E-state index contributed by atoms with van der Waals surface area (Å²) >= 11 is 0. The number of imidazole rings is 1. The predicted molar refractivity (Wildman–Crippen MR) is 94.2 cm³/mol. The summed E-state index contributed by atoms with van der Waals surface area (Å²) in [6.07, 6.45) is -3.25. The van der Waals surface area contributed by atoms with Gasteiger partial charge in [-0.15, -0.1) is 0 Å². The fourth-order valence-corrected chi connectivity index (χ4v) is 3.09. The third kappa shape index (κ3) is 4.18. The second-order valence-corrected chi connectivity index (χ2v) is 6.30. The minimum absolute atomic E-state index is 0.0180. The summed E-state index contributed by atoms with van der Waals surface area (Å²) in [6, 6.07) is 0. The van der Waals surface area contributed by atoms with Crippen LogP contribution < -0.4 is 11.3 Å². The summed E-state index contributed by atoms with van der Waals surface area (Å²) < 4.78 is 22.8. The molecule has 0 bridgehead atoms. The number of carbonyl (C=O) groups excluding carboxylic acids is 3. The monoisotopic (exact) mass is 409 g/mol. The van der Waals surface area contributed by atoms with Gasteiger partial charge in [0.15, 0.2) is 35.7 Å². The van der Waals surface area contributed by atoms with Crippen molar-refractivity contribution in [1.29, 1.82) is 0 Å². The number of hydrogen-bond donors (Lipinski definition) is 2. The SMILES string of the molecule is CC(=O)O[C@@H]1[C@H](OC(C)=O)[C@H](OC(C)=O)CO[C@@H]1n1cnc2c(=O)[nH]c(N)nc21. The lowest BCUT2D eigenvalue weighted by Crippen LogP contribution is -2.55. The van der Waals surface area contributed by atoms with Crippen LogP contribution in [0.1, 0.15) is 27.0 Å². The van der Waals surface area contributed by atoms with Crippen molar-refractivity contribution in [2.75, 3.05) is 12.3 Å². The van der Waals surface area contributed by atoms with E-state index in [0.717, 1.165) is 13.8 Å². The summed E-state index contributed by atoms with van der Waals surface area (Å²) in [5.74, 6) is -2.17. The predicted octanol–water partition coefficient (Wildman–Crippen LogP) is -0.974. The molecule has 3 N–H and O–H groups in total. The maximum atomic E-state index is 12.0. The Morgan fingerprint density at radius 3 is 2.38 bits per heavy atom. The molecule has 0 aliphatic carbocycles. The molecule has 156 valence electrons. The first-order valence-corrected chi connectivity index (χ1v) is 8.53. The van der Waals surface area contributed by atoms with E-state index >= 15 is 0 Å². The normalized spacial score (nSPS) is 24.1. The number of aromatic amines is 1. The fraction of sp³-hybridized carbons (Fsp3) is 0.500. The van der Waals surface area contributed by atoms with Crippen molar-refractivity contribution in [3.8, 4) is 0 Å². The molecule has 1 saturated heterocycles. The third-order valence-electron chi connectivity index (χ3n) is 4.05. The molecular formula is C16H19N5O8. The Morgan fingerprint density at radius 2 is 1.76 bits per heavy atom. The summed E-state index contributed by atoms with van der Waals surface area (Å²) in [4.78, 5) is 57.2. The Balaban J connectivity index is 2.07. The molecule has 3 heterocycles. The molecule has 0 unspecified atom stereocenters. The maximum absolute atomic E-state index is 12.0. The van der Waals surface area contributed by atoms with Gasteiger partial charge in [0, 0.05) is 20.8 Å². The number of rotatable bonds is 4. The van der Waals surface area contributed by atoms with E-state index in [1.807, 2.05) is 0 Å². The van der Waals surface area contributed by atoms with E-state index in [1.165, 1.54) is 17.8 Å². The van der Waals surface area contributed by atoms with E-state index in [4.69, 9.17) is 24.7 Å². The van der Waals surface area contributed by atoms with Crippen LogP contribution in [0.2, 0.25) is 0 Å². The summed E-state index contributed by atoms with van der Waals surface area (Å²) in [7, 11) is 0. The largest absolute Gasteiger partial charge is 0.456 e. The molecule has 0 spiro atoms. The zero-order chi connectivity index (χ0) is 21.3. The molecule has 1 fully saturated rings. The van der Waals surface area contributed by atoms with E-state index in [2.05, 4.69) is 15.0 Å². The number of aromatic nitrogens is 4. The first-order chi connectivity index (χ1) is 13.7. The minimum atomic E-state index is -1.23. The Morgan fingerprint density at radius 1 is 1.14 bits per heavy atom. The summed E-state index contributed by atoms with van der Waals surface area (Å²) in [6.45, 7) is 3.32. The molecule has 0 saturated carbocycles. The lowest BCUT2D eigenvalue weighted by Gasteiger charge is -2.40. The number of hydrogen-bond acceptors (Lipinski definition) is 11. The average Bonchev–Trinajstić information content (AvgIpc) is 3.00. The Labute approximate surface area is 163 Å². The van der Waals surface area contributed by atoms with Crippen LogP contribution in [0.3, 0.4) is 0 Å². The molecule has 2 aromatic heterocycles. The molecule has 13 nitrogen and oxygen atoms in total. The Kier molecular flexibility index (Phi) is 5.50. The number of nitrogens with one attached hydrogen (secondary N) is 1. The van der Waals surface area contributed by atoms with Gasteiger partial charge in [-0.3, -0.25) is 28.7 Å². The number of nitrogen functional groups attached to an aromatic ring is 1. The van der Waals surface area contributed by atoms with Gasteiger partial charge in [-0.1, -0.05) is 0 Å². The highest BCUT2D eigenvalue weighted by Crippen LogP contribution is 2.32. The van der Waals surface area contributed by atoms with Crippen molar-refractivity contribution in [2.45, 2.75) is 45.3 Å². The number of nitrogens with zero attached hydrogens (tertiary/aromatic N) is 3. The van der Waals surface area contributed by atoms with Crippen LogP contribution in [0.4, 0.5) is 5.95 Å². The van der Waals surface area contributed by atoms with Crippen molar-refractivity contribution in [3.63, 3.8) is 0 Å². The molecule has 2 aromatic rings. The number of H-pyrrole nitrogens is 1. The third-order valence-corrected chi connectivity index (χ3v) is 4.05. The quantitative estimate of drug-likeness (QED) is 0.468. The first kappa shape index (κ1) is 20.3. The molecule has 3 rings (SSSR count). The van der Waals surface area contributed by atoms with Gasteiger partial charge in [-0.2, -0.15) is 4.98 Å². The van der Waals surface area contributed by atoms with E-state index in [1.54, 1.807) is 0 Å². The number of ether oxygens (including phenoxy) is 4. The second kappa shape index (κ2) is 7.87. The van der Waals surface area contributed by atoms with Gasteiger partial charge in [-0.05, 0) is 0 Å². The van der Waals surface area contributed by atoms with E-state index < -0.39 is 48.0 Å². The van der Waals surface area contributed by atoms with Crippen molar-refractivity contribution >= 4 is 35.0 Å². The van der Waals surface area contributed by atoms with Crippen LogP contribution in [-0.4, -0.2) is 62.3 Å². The standard InChI is InChI=1S/C16H19N5O8/c1-6(22)27-9-4-26-15(12(29-8(3)24)11(9)28-7(2)23)21-5-18-10-13(21)19-16(17)20-14(10)25/h5,9,11-12,15H,4H2,1-3H3,(H3,17,19,20,25)/t9-,11-,12-,15+/m1/s1. The van der Waals surface area contributed by atoms with Crippen LogP contribution in [0, 0.1) is 0 Å². The molecule has 13 heteroatoms. The van der Waals surface area contributed by atoms with Gasteiger partial charge in [0.05, 0.1) is 12.9 Å². The number of nitrogens with two attached hydrogens (primary N) is 1. The molecule has 1 aliphatic heterocycles. The molecule has 4 atom stereocenters. The zero-order valence-corrected chi connectivity index (χ0v) is 15.8. The number of fused-ring (bicyclic) bond motifs is 1. The molecule has 0 radical (unpaired) electrons. The molecule has 29 heavy (non-hydrogen) atoms. The van der Waals surface area contributed by atoms with Gasteiger partial charge in [0.25, 0.3) is 5.56 Å². The van der Waals surface area contributed by atoms with Crippen LogP contribution in [-0.2, 0) is 33.3 Å². The number of anilines is 1. The lowest BCUT2D eigenvalue weighted by atomic mass is 10.0. The average molecular weight is 409 g/mol. The summed E-state index contributed by atoms with van der Waals surface area (Å²) in [5, 5.41) is 0. The second-order valence-electron chi connectivity index (χ2n) is 6.30. The van der Waals surface area contributed by atoms with Crippen LogP contribution in [0.15, 0.2) is 11.1 Å². The number of carbonyl (C=O) groups is 3. The van der Waals surface area contributed by atoms with E-state index in [9.17, 15) is 19.2 Å². The van der Waals surface area contributed by atoms with E-state index in [0.29, 0.717) is 0 Å². The van der Waals surface area contributed by atoms with Crippen molar-refractivity contribution in [2.24, 2.45) is 0 Å². The van der Waals surface area contributed by atoms with Gasteiger partial charge in [0.2, 0.25) is 5.95 Å². The minimum Gasteiger partial charge on any atom is -0.456 e. The maximum Gasteiger partial charge on any atom is 0.303 e. The zero-order valence-electron chi connectivity index (χ0n) is 15.8. The number of esters is 3. The van der Waals surface area contributed by atoms with Gasteiger partial charge < -0.3 is 24.7 Å². The molecule has 1 aliphatic rings. The van der Waals surface area contributed by atoms with Gasteiger partial charge in [0.1, 0.15) is 0 Å². The van der Waals surface area contributed by atoms with Crippen molar-refractivity contribution in [3.05, 3.63) is 16.7 Å². The Hall–Kier alpha value is -3.48. The van der Waals surface area contributed by atoms with Crippen molar-refractivity contribution < 1.29 is 33.3 Å². The smallest absolute Gasteiger partial charge is 0.303 e. The van der Waals surface area contributed by atoms with Crippen molar-refractivity contribution in [1.82, 2.24) is 19.5 Å². The molecule has 0 amide bonds. The van der Waals surface area contributed by atoms with Crippen LogP contribution in [0.25, 0.3) is 11.2 Å². The van der Waals surface area contributed by atoms with Crippen LogP contribution >= 0.6 is 0 Å². The van der Waals surface area contributed by atoms with Gasteiger partial charge in [-0.25, -0.2) is 4.98 Å². The van der Waals surface area contributed by atoms with E-state index in [-0.39, 0.29) is 23.7 Å². The lowest BCUT2D eigenvalue weighted by molar-refractivity contribution is -0.239. The first-order valence-electron chi connectivity index (χ1n) is 8.53. The topological polar surface area (TPSA) is 178 Å². The highest BCUT2D eigenvalue weighted by molar-refractivity contribution is 5.71. The highest BCUT2D eigenvalue weighted by Gasteiger charge is 2.48. The fourth-order valence-electron chi connectivity index (χ4n) is 3.09. The van der Waals surface area contributed by atoms with Crippen LogP contribution in [0.5, 0.6) is 0 Å². The highest BCUT2D eigenvalue weighted by atomic mass is 16.6.